The predicted octanol–water partition coefficient (Wildman–Crippen LogP) is 1.74. The first-order valence-corrected chi connectivity index (χ1v) is 5.19. The highest BCUT2D eigenvalue weighted by molar-refractivity contribution is 5.79. The van der Waals surface area contributed by atoms with Crippen LogP contribution in [-0.2, 0) is 4.79 Å². The van der Waals surface area contributed by atoms with Crippen molar-refractivity contribution < 1.29 is 9.90 Å². The quantitative estimate of drug-likeness (QED) is 0.773. The molecule has 1 aromatic rings. The maximum absolute atomic E-state index is 11.0. The summed E-state index contributed by atoms with van der Waals surface area (Å²) in [5, 5.41) is 9.01. The normalized spacial score (nSPS) is 30.3. The van der Waals surface area contributed by atoms with Crippen molar-refractivity contribution in [1.82, 2.24) is 0 Å². The molecule has 3 N–H and O–H groups in total. The molecule has 0 unspecified atom stereocenters. The van der Waals surface area contributed by atoms with Gasteiger partial charge < -0.3 is 10.8 Å². The summed E-state index contributed by atoms with van der Waals surface area (Å²) in [6, 6.07) is 10.0. The van der Waals surface area contributed by atoms with Gasteiger partial charge in [-0.15, -0.1) is 0 Å². The van der Waals surface area contributed by atoms with E-state index < -0.39 is 11.5 Å². The van der Waals surface area contributed by atoms with Gasteiger partial charge in [-0.2, -0.15) is 0 Å². The van der Waals surface area contributed by atoms with Crippen molar-refractivity contribution in [2.75, 3.05) is 0 Å². The standard InChI is InChI=1S/C12H15NO2/c13-12(11(14)15)7-6-10(8-12)9-4-2-1-3-5-9/h1-5,10H,6-8,13H2,(H,14,15)/t10-,12+/m0/s1. The maximum atomic E-state index is 11.0. The lowest BCUT2D eigenvalue weighted by atomic mass is 9.93. The molecule has 0 spiro atoms. The zero-order valence-corrected chi connectivity index (χ0v) is 8.52. The molecule has 2 atom stereocenters. The second-order valence-electron chi connectivity index (χ2n) is 4.31. The molecule has 1 aliphatic rings. The zero-order chi connectivity index (χ0) is 10.9. The third-order valence-electron chi connectivity index (χ3n) is 3.25. The predicted molar refractivity (Wildman–Crippen MR) is 57.6 cm³/mol. The fourth-order valence-electron chi connectivity index (χ4n) is 2.28. The lowest BCUT2D eigenvalue weighted by Gasteiger charge is -2.18. The third kappa shape index (κ3) is 1.88. The first kappa shape index (κ1) is 10.2. The SMILES string of the molecule is N[C@]1(C(=O)O)CC[C@H](c2ccccc2)C1. The Morgan fingerprint density at radius 2 is 2.07 bits per heavy atom. The third-order valence-corrected chi connectivity index (χ3v) is 3.25. The Hall–Kier alpha value is -1.35. The summed E-state index contributed by atoms with van der Waals surface area (Å²) in [4.78, 5) is 11.0. The topological polar surface area (TPSA) is 63.3 Å². The summed E-state index contributed by atoms with van der Waals surface area (Å²) < 4.78 is 0. The number of carboxylic acid groups (broad SMARTS) is 1. The minimum atomic E-state index is -1.01. The summed E-state index contributed by atoms with van der Waals surface area (Å²) in [5.74, 6) is -0.576. The lowest BCUT2D eigenvalue weighted by molar-refractivity contribution is -0.143. The van der Waals surface area contributed by atoms with Crippen LogP contribution >= 0.6 is 0 Å². The molecule has 0 aromatic heterocycles. The van der Waals surface area contributed by atoms with Crippen LogP contribution in [0.3, 0.4) is 0 Å². The van der Waals surface area contributed by atoms with Gasteiger partial charge in [0, 0.05) is 0 Å². The molecule has 0 aliphatic heterocycles. The minimum Gasteiger partial charge on any atom is -0.480 e. The fourth-order valence-corrected chi connectivity index (χ4v) is 2.28. The van der Waals surface area contributed by atoms with E-state index in [-0.39, 0.29) is 0 Å². The number of rotatable bonds is 2. The molecule has 3 nitrogen and oxygen atoms in total. The molecule has 3 heteroatoms. The van der Waals surface area contributed by atoms with E-state index in [1.165, 1.54) is 5.56 Å². The van der Waals surface area contributed by atoms with Crippen LogP contribution in [0.15, 0.2) is 30.3 Å². The molecule has 2 rings (SSSR count). The molecule has 1 aromatic carbocycles. The van der Waals surface area contributed by atoms with Crippen LogP contribution in [0.1, 0.15) is 30.7 Å². The van der Waals surface area contributed by atoms with Gasteiger partial charge in [-0.3, -0.25) is 4.79 Å². The summed E-state index contributed by atoms with van der Waals surface area (Å²) in [5.41, 5.74) is 6.02. The van der Waals surface area contributed by atoms with Crippen molar-refractivity contribution in [2.24, 2.45) is 5.73 Å². The van der Waals surface area contributed by atoms with Crippen LogP contribution in [0.25, 0.3) is 0 Å². The number of nitrogens with two attached hydrogens (primary N) is 1. The number of carbonyl (C=O) groups is 1. The van der Waals surface area contributed by atoms with Crippen LogP contribution < -0.4 is 5.73 Å². The second-order valence-corrected chi connectivity index (χ2v) is 4.31. The highest BCUT2D eigenvalue weighted by Gasteiger charge is 2.42. The zero-order valence-electron chi connectivity index (χ0n) is 8.52. The van der Waals surface area contributed by atoms with Gasteiger partial charge in [0.05, 0.1) is 0 Å². The van der Waals surface area contributed by atoms with Crippen molar-refractivity contribution in [3.05, 3.63) is 35.9 Å². The largest absolute Gasteiger partial charge is 0.480 e. The Kier molecular flexibility index (Phi) is 2.49. The van der Waals surface area contributed by atoms with Gasteiger partial charge in [0.15, 0.2) is 0 Å². The second kappa shape index (κ2) is 3.66. The number of hydrogen-bond donors (Lipinski definition) is 2. The highest BCUT2D eigenvalue weighted by atomic mass is 16.4. The Morgan fingerprint density at radius 1 is 1.40 bits per heavy atom. The smallest absolute Gasteiger partial charge is 0.323 e. The number of benzene rings is 1. The van der Waals surface area contributed by atoms with Gasteiger partial charge in [-0.25, -0.2) is 0 Å². The van der Waals surface area contributed by atoms with Crippen LogP contribution in [0.4, 0.5) is 0 Å². The molecule has 0 bridgehead atoms. The number of hydrogen-bond acceptors (Lipinski definition) is 2. The lowest BCUT2D eigenvalue weighted by Crippen LogP contribution is -2.45. The molecule has 0 amide bonds. The summed E-state index contributed by atoms with van der Waals surface area (Å²) in [7, 11) is 0. The summed E-state index contributed by atoms with van der Waals surface area (Å²) >= 11 is 0. The van der Waals surface area contributed by atoms with Gasteiger partial charge in [-0.05, 0) is 30.7 Å². The Bertz CT molecular complexity index is 363. The molecule has 1 fully saturated rings. The summed E-state index contributed by atoms with van der Waals surface area (Å²) in [6.07, 6.45) is 1.99. The molecular formula is C12H15NO2. The molecular weight excluding hydrogens is 190 g/mol. The van der Waals surface area contributed by atoms with E-state index in [4.69, 9.17) is 10.8 Å². The molecule has 0 heterocycles. The van der Waals surface area contributed by atoms with Crippen molar-refractivity contribution in [3.8, 4) is 0 Å². The van der Waals surface area contributed by atoms with E-state index in [9.17, 15) is 4.79 Å². The minimum absolute atomic E-state index is 0.298. The van der Waals surface area contributed by atoms with Gasteiger partial charge in [0.2, 0.25) is 0 Å². The molecule has 1 aliphatic carbocycles. The van der Waals surface area contributed by atoms with Crippen LogP contribution in [0.5, 0.6) is 0 Å². The molecule has 0 radical (unpaired) electrons. The Morgan fingerprint density at radius 3 is 2.60 bits per heavy atom. The van der Waals surface area contributed by atoms with E-state index >= 15 is 0 Å². The van der Waals surface area contributed by atoms with Crippen molar-refractivity contribution >= 4 is 5.97 Å². The van der Waals surface area contributed by atoms with Crippen molar-refractivity contribution in [2.45, 2.75) is 30.7 Å². The fraction of sp³-hybridized carbons (Fsp3) is 0.417. The van der Waals surface area contributed by atoms with Gasteiger partial charge >= 0.3 is 5.97 Å². The average molecular weight is 205 g/mol. The van der Waals surface area contributed by atoms with Gasteiger partial charge in [-0.1, -0.05) is 30.3 Å². The molecule has 80 valence electrons. The van der Waals surface area contributed by atoms with E-state index in [1.54, 1.807) is 0 Å². The average Bonchev–Trinajstić information content (AvgIpc) is 2.64. The number of carboxylic acids is 1. The van der Waals surface area contributed by atoms with Crippen molar-refractivity contribution in [1.29, 1.82) is 0 Å². The molecule has 1 saturated carbocycles. The molecule has 0 saturated heterocycles. The van der Waals surface area contributed by atoms with E-state index in [0.29, 0.717) is 18.8 Å². The first-order valence-electron chi connectivity index (χ1n) is 5.19. The van der Waals surface area contributed by atoms with Crippen molar-refractivity contribution in [3.63, 3.8) is 0 Å². The highest BCUT2D eigenvalue weighted by Crippen LogP contribution is 2.39. The maximum Gasteiger partial charge on any atom is 0.323 e. The first-order chi connectivity index (χ1) is 7.12. The van der Waals surface area contributed by atoms with E-state index in [2.05, 4.69) is 0 Å². The van der Waals surface area contributed by atoms with Gasteiger partial charge in [0.1, 0.15) is 5.54 Å². The van der Waals surface area contributed by atoms with Gasteiger partial charge in [0.25, 0.3) is 0 Å². The monoisotopic (exact) mass is 205 g/mol. The van der Waals surface area contributed by atoms with Crippen LogP contribution in [0.2, 0.25) is 0 Å². The Labute approximate surface area is 88.9 Å². The van der Waals surface area contributed by atoms with Crippen LogP contribution in [-0.4, -0.2) is 16.6 Å². The van der Waals surface area contributed by atoms with Crippen LogP contribution in [0, 0.1) is 0 Å². The van der Waals surface area contributed by atoms with E-state index in [1.807, 2.05) is 30.3 Å². The Balaban J connectivity index is 2.14. The molecule has 15 heavy (non-hydrogen) atoms. The summed E-state index contributed by atoms with van der Waals surface area (Å²) in [6.45, 7) is 0. The van der Waals surface area contributed by atoms with E-state index in [0.717, 1.165) is 6.42 Å². The number of aliphatic carboxylic acids is 1.